The van der Waals surface area contributed by atoms with E-state index in [1.807, 2.05) is 13.8 Å². The Balaban J connectivity index is 0.000000531. The number of ether oxygens (including phenoxy) is 1. The molecule has 0 unspecified atom stereocenters. The van der Waals surface area contributed by atoms with Gasteiger partial charge in [-0.2, -0.15) is 0 Å². The first-order valence-electron chi connectivity index (χ1n) is 4.75. The normalized spacial score (nSPS) is 14.5. The summed E-state index contributed by atoms with van der Waals surface area (Å²) in [4.78, 5) is 9.98. The van der Waals surface area contributed by atoms with Crippen LogP contribution in [0.5, 0.6) is 5.75 Å². The molecule has 0 N–H and O–H groups in total. The molecular weight excluding hydrogens is 196 g/mol. The molecule has 0 bridgehead atoms. The monoisotopic (exact) mass is 207 g/mol. The summed E-state index contributed by atoms with van der Waals surface area (Å²) >= 11 is 0. The maximum absolute atomic E-state index is 12.7. The molecule has 15 heavy (non-hydrogen) atoms. The number of benzene rings is 1. The van der Waals surface area contributed by atoms with E-state index in [4.69, 9.17) is 4.74 Å². The van der Waals surface area contributed by atoms with E-state index in [1.54, 1.807) is 6.07 Å². The van der Waals surface area contributed by atoms with Crippen LogP contribution in [0.2, 0.25) is 0 Å². The van der Waals surface area contributed by atoms with Gasteiger partial charge in [0.05, 0.1) is 0 Å². The van der Waals surface area contributed by atoms with Gasteiger partial charge in [-0.3, -0.25) is 0 Å². The van der Waals surface area contributed by atoms with Crippen molar-refractivity contribution in [2.45, 2.75) is 13.8 Å². The van der Waals surface area contributed by atoms with E-state index >= 15 is 0 Å². The van der Waals surface area contributed by atoms with Crippen molar-refractivity contribution in [3.8, 4) is 5.75 Å². The molecule has 0 saturated heterocycles. The summed E-state index contributed by atoms with van der Waals surface area (Å²) in [7, 11) is 1.18. The molecule has 0 amide bonds. The summed E-state index contributed by atoms with van der Waals surface area (Å²) < 4.78 is 17.8. The number of nitroso groups, excluding NO2 is 1. The summed E-state index contributed by atoms with van der Waals surface area (Å²) in [6.07, 6.45) is 0. The standard InChI is InChI=1S/C8H5BFNO2.C2H6/c10-5-1-2-6-7(9-11-12)4-13-8(6)3-5;1-2/h1-3H,4H2;1-2H3. The van der Waals surface area contributed by atoms with Crippen LogP contribution in [0.1, 0.15) is 19.4 Å². The third kappa shape index (κ3) is 2.49. The molecule has 0 fully saturated rings. The molecule has 2 rings (SSSR count). The van der Waals surface area contributed by atoms with Crippen LogP contribution in [0.25, 0.3) is 0 Å². The molecule has 1 aliphatic rings. The van der Waals surface area contributed by atoms with E-state index in [9.17, 15) is 9.30 Å². The van der Waals surface area contributed by atoms with E-state index in [1.165, 1.54) is 19.2 Å². The van der Waals surface area contributed by atoms with E-state index in [0.717, 1.165) is 5.56 Å². The molecule has 0 atom stereocenters. The van der Waals surface area contributed by atoms with Crippen LogP contribution in [0.4, 0.5) is 4.39 Å². The second-order valence-electron chi connectivity index (χ2n) is 2.69. The van der Waals surface area contributed by atoms with E-state index in [-0.39, 0.29) is 12.4 Å². The Hall–Kier alpha value is -1.52. The Morgan fingerprint density at radius 1 is 1.47 bits per heavy atom. The van der Waals surface area contributed by atoms with Gasteiger partial charge < -0.3 is 0 Å². The molecule has 78 valence electrons. The van der Waals surface area contributed by atoms with Crippen molar-refractivity contribution in [1.29, 1.82) is 0 Å². The van der Waals surface area contributed by atoms with E-state index < -0.39 is 0 Å². The van der Waals surface area contributed by atoms with Crippen molar-refractivity contribution in [2.24, 2.45) is 5.09 Å². The van der Waals surface area contributed by atoms with Gasteiger partial charge in [-0.1, -0.05) is 13.8 Å². The van der Waals surface area contributed by atoms with Crippen LogP contribution in [0, 0.1) is 10.7 Å². The van der Waals surface area contributed by atoms with Crippen LogP contribution < -0.4 is 4.74 Å². The second kappa shape index (κ2) is 5.39. The number of hydrogen-bond acceptors (Lipinski definition) is 3. The molecule has 1 aromatic carbocycles. The predicted molar refractivity (Wildman–Crippen MR) is 58.9 cm³/mol. The number of hydrogen-bond donors (Lipinski definition) is 0. The zero-order valence-corrected chi connectivity index (χ0v) is 8.66. The third-order valence-corrected chi connectivity index (χ3v) is 1.88. The fourth-order valence-electron chi connectivity index (χ4n) is 1.28. The molecule has 1 aliphatic heterocycles. The van der Waals surface area contributed by atoms with Gasteiger partial charge in [0, 0.05) is 0 Å². The van der Waals surface area contributed by atoms with Crippen LogP contribution in [-0.4, -0.2) is 19.1 Å². The van der Waals surface area contributed by atoms with E-state index in [0.29, 0.717) is 11.2 Å². The summed E-state index contributed by atoms with van der Waals surface area (Å²) in [5.74, 6) is 0.119. The molecule has 3 nitrogen and oxygen atoms in total. The predicted octanol–water partition coefficient (Wildman–Crippen LogP) is 2.15. The summed E-state index contributed by atoms with van der Waals surface area (Å²) in [5, 5.41) is 2.65. The molecule has 1 heterocycles. The Morgan fingerprint density at radius 3 is 2.87 bits per heavy atom. The Morgan fingerprint density at radius 2 is 2.20 bits per heavy atom. The zero-order valence-electron chi connectivity index (χ0n) is 8.66. The molecule has 0 aliphatic carbocycles. The van der Waals surface area contributed by atoms with Crippen LogP contribution in [-0.2, 0) is 0 Å². The number of fused-ring (bicyclic) bond motifs is 1. The quantitative estimate of drug-likeness (QED) is 0.522. The SMILES string of the molecule is CC.O=NB=C1COc2cc(F)ccc21. The first-order chi connectivity index (χ1) is 7.31. The Kier molecular flexibility index (Phi) is 4.15. The second-order valence-corrected chi connectivity index (χ2v) is 2.69. The van der Waals surface area contributed by atoms with Crippen LogP contribution in [0.3, 0.4) is 0 Å². The molecule has 0 radical (unpaired) electrons. The molecule has 0 spiro atoms. The maximum atomic E-state index is 12.7. The van der Waals surface area contributed by atoms with E-state index in [2.05, 4.69) is 5.09 Å². The fraction of sp³-hybridized carbons (Fsp3) is 0.300. The minimum absolute atomic E-state index is 0.282. The third-order valence-electron chi connectivity index (χ3n) is 1.88. The van der Waals surface area contributed by atoms with Crippen LogP contribution >= 0.6 is 0 Å². The van der Waals surface area contributed by atoms with Gasteiger partial charge in [-0.15, -0.1) is 0 Å². The average Bonchev–Trinajstić information content (AvgIpc) is 2.64. The summed E-state index contributed by atoms with van der Waals surface area (Å²) in [6, 6.07) is 4.20. The minimum atomic E-state index is -0.348. The Bertz CT molecular complexity index is 393. The molecule has 5 heteroatoms. The number of nitrogens with zero attached hydrogens (tertiary/aromatic N) is 1. The first-order valence-corrected chi connectivity index (χ1v) is 4.75. The van der Waals surface area contributed by atoms with Crippen molar-refractivity contribution in [2.75, 3.05) is 6.61 Å². The molecular formula is C10H11BFNO2. The molecule has 0 saturated carbocycles. The van der Waals surface area contributed by atoms with Gasteiger partial charge >= 0.3 is 73.6 Å². The number of rotatable bonds is 1. The van der Waals surface area contributed by atoms with Crippen molar-refractivity contribution in [1.82, 2.24) is 0 Å². The van der Waals surface area contributed by atoms with Crippen molar-refractivity contribution < 1.29 is 9.13 Å². The summed E-state index contributed by atoms with van der Waals surface area (Å²) in [6.45, 7) is 4.28. The molecule has 1 aromatic rings. The van der Waals surface area contributed by atoms with Crippen molar-refractivity contribution >= 4 is 12.5 Å². The Labute approximate surface area is 88.2 Å². The first kappa shape index (κ1) is 11.6. The van der Waals surface area contributed by atoms with Gasteiger partial charge in [-0.25, -0.2) is 0 Å². The van der Waals surface area contributed by atoms with Crippen molar-refractivity contribution in [3.63, 3.8) is 0 Å². The number of halogens is 1. The molecule has 0 aromatic heterocycles. The van der Waals surface area contributed by atoms with Gasteiger partial charge in [0.15, 0.2) is 0 Å². The van der Waals surface area contributed by atoms with Gasteiger partial charge in [0.1, 0.15) is 0 Å². The van der Waals surface area contributed by atoms with Crippen LogP contribution in [0.15, 0.2) is 23.3 Å². The zero-order chi connectivity index (χ0) is 11.3. The fourth-order valence-corrected chi connectivity index (χ4v) is 1.28. The summed E-state index contributed by atoms with van der Waals surface area (Å²) in [5.41, 5.74) is 1.42. The van der Waals surface area contributed by atoms with Crippen molar-refractivity contribution in [3.05, 3.63) is 34.5 Å². The average molecular weight is 207 g/mol. The van der Waals surface area contributed by atoms with Gasteiger partial charge in [0.25, 0.3) is 0 Å². The van der Waals surface area contributed by atoms with Gasteiger partial charge in [-0.05, 0) is 0 Å². The topological polar surface area (TPSA) is 38.7 Å². The van der Waals surface area contributed by atoms with Gasteiger partial charge in [0.2, 0.25) is 0 Å².